The van der Waals surface area contributed by atoms with E-state index in [2.05, 4.69) is 21.5 Å². The first-order chi connectivity index (χ1) is 9.28. The zero-order valence-electron chi connectivity index (χ0n) is 10.0. The van der Waals surface area contributed by atoms with Crippen LogP contribution < -0.4 is 4.74 Å². The van der Waals surface area contributed by atoms with Gasteiger partial charge in [-0.1, -0.05) is 17.0 Å². The molecule has 2 rings (SSSR count). The third-order valence-corrected chi connectivity index (χ3v) is 2.40. The van der Waals surface area contributed by atoms with Gasteiger partial charge in [0.05, 0.1) is 6.20 Å². The topological polar surface area (TPSA) is 35.3 Å². The molecular weight excluding hydrogens is 269 g/mol. The number of hydrogen-bond donors (Lipinski definition) is 0. The van der Waals surface area contributed by atoms with Crippen molar-refractivity contribution in [1.82, 2.24) is 5.16 Å². The van der Waals surface area contributed by atoms with Crippen LogP contribution >= 0.6 is 11.6 Å². The fourth-order valence-corrected chi connectivity index (χ4v) is 1.49. The maximum atomic E-state index is 13.4. The Hall–Kier alpha value is -1.99. The molecule has 0 N–H and O–H groups in total. The second kappa shape index (κ2) is 6.81. The number of nitrogens with zero attached hydrogens (tertiary/aromatic N) is 1. The van der Waals surface area contributed by atoms with Gasteiger partial charge in [-0.05, 0) is 12.1 Å². The Labute approximate surface area is 115 Å². The van der Waals surface area contributed by atoms with E-state index in [1.54, 1.807) is 12.3 Å². The molecule has 0 spiro atoms. The Bertz CT molecular complexity index is 587. The molecule has 0 radical (unpaired) electrons. The van der Waals surface area contributed by atoms with E-state index >= 15 is 0 Å². The summed E-state index contributed by atoms with van der Waals surface area (Å²) < 4.78 is 23.5. The Morgan fingerprint density at radius 2 is 2.26 bits per heavy atom. The molecule has 5 heteroatoms. The highest BCUT2D eigenvalue weighted by Crippen LogP contribution is 2.17. The highest BCUT2D eigenvalue weighted by molar-refractivity contribution is 6.18. The SMILES string of the molecule is Fc1cc(C#CCCCl)cc(OCc2cnoc2)c1. The van der Waals surface area contributed by atoms with Crippen LogP contribution in [0.5, 0.6) is 5.75 Å². The summed E-state index contributed by atoms with van der Waals surface area (Å²) in [5, 5.41) is 3.56. The van der Waals surface area contributed by atoms with Crippen LogP contribution in [0.3, 0.4) is 0 Å². The van der Waals surface area contributed by atoms with Gasteiger partial charge < -0.3 is 9.26 Å². The van der Waals surface area contributed by atoms with E-state index < -0.39 is 5.82 Å². The molecule has 98 valence electrons. The summed E-state index contributed by atoms with van der Waals surface area (Å²) in [5.41, 5.74) is 1.34. The van der Waals surface area contributed by atoms with Crippen LogP contribution in [-0.2, 0) is 6.61 Å². The lowest BCUT2D eigenvalue weighted by molar-refractivity contribution is 0.302. The van der Waals surface area contributed by atoms with Crippen LogP contribution in [0.1, 0.15) is 17.5 Å². The standard InChI is InChI=1S/C14H11ClFNO2/c15-4-2-1-3-11-5-13(16)7-14(6-11)18-9-12-8-17-19-10-12/h5-8,10H,2,4,9H2. The van der Waals surface area contributed by atoms with Gasteiger partial charge in [-0.3, -0.25) is 0 Å². The molecule has 0 saturated carbocycles. The van der Waals surface area contributed by atoms with Crippen molar-refractivity contribution in [3.8, 4) is 17.6 Å². The minimum atomic E-state index is -0.391. The van der Waals surface area contributed by atoms with E-state index in [0.29, 0.717) is 23.6 Å². The van der Waals surface area contributed by atoms with Gasteiger partial charge in [0.2, 0.25) is 0 Å². The summed E-state index contributed by atoms with van der Waals surface area (Å²) in [5.74, 6) is 6.16. The molecule has 1 aromatic heterocycles. The maximum Gasteiger partial charge on any atom is 0.130 e. The first-order valence-electron chi connectivity index (χ1n) is 5.64. The number of benzene rings is 1. The van der Waals surface area contributed by atoms with Crippen LogP contribution in [0, 0.1) is 17.7 Å². The summed E-state index contributed by atoms with van der Waals surface area (Å²) >= 11 is 5.52. The monoisotopic (exact) mass is 279 g/mol. The summed E-state index contributed by atoms with van der Waals surface area (Å²) in [6, 6.07) is 4.34. The molecule has 0 aliphatic carbocycles. The molecule has 19 heavy (non-hydrogen) atoms. The molecule has 1 heterocycles. The van der Waals surface area contributed by atoms with Gasteiger partial charge in [-0.25, -0.2) is 4.39 Å². The molecule has 0 aliphatic heterocycles. The highest BCUT2D eigenvalue weighted by Gasteiger charge is 2.02. The molecule has 0 atom stereocenters. The van der Waals surface area contributed by atoms with Gasteiger partial charge in [0, 0.05) is 29.5 Å². The lowest BCUT2D eigenvalue weighted by atomic mass is 10.2. The quantitative estimate of drug-likeness (QED) is 0.636. The summed E-state index contributed by atoms with van der Waals surface area (Å²) in [7, 11) is 0. The minimum absolute atomic E-state index is 0.265. The van der Waals surface area contributed by atoms with E-state index in [1.165, 1.54) is 18.4 Å². The number of halogens is 2. The predicted molar refractivity (Wildman–Crippen MR) is 69.5 cm³/mol. The van der Waals surface area contributed by atoms with Crippen molar-refractivity contribution >= 4 is 11.6 Å². The van der Waals surface area contributed by atoms with E-state index in [9.17, 15) is 4.39 Å². The zero-order valence-corrected chi connectivity index (χ0v) is 10.8. The highest BCUT2D eigenvalue weighted by atomic mass is 35.5. The smallest absolute Gasteiger partial charge is 0.130 e. The van der Waals surface area contributed by atoms with Gasteiger partial charge >= 0.3 is 0 Å². The normalized spacial score (nSPS) is 9.79. The summed E-state index contributed by atoms with van der Waals surface area (Å²) in [6.07, 6.45) is 3.58. The van der Waals surface area contributed by atoms with Gasteiger partial charge in [-0.2, -0.15) is 0 Å². The molecule has 0 unspecified atom stereocenters. The first-order valence-corrected chi connectivity index (χ1v) is 6.18. The Morgan fingerprint density at radius 1 is 1.37 bits per heavy atom. The van der Waals surface area contributed by atoms with Gasteiger partial charge in [0.1, 0.15) is 24.4 Å². The molecule has 0 saturated heterocycles. The lowest BCUT2D eigenvalue weighted by Gasteiger charge is -2.05. The van der Waals surface area contributed by atoms with Crippen LogP contribution in [0.4, 0.5) is 4.39 Å². The first kappa shape index (κ1) is 13.4. The van der Waals surface area contributed by atoms with Crippen molar-refractivity contribution in [3.63, 3.8) is 0 Å². The Morgan fingerprint density at radius 3 is 3.00 bits per heavy atom. The van der Waals surface area contributed by atoms with Crippen molar-refractivity contribution in [2.45, 2.75) is 13.0 Å². The number of alkyl halides is 1. The molecular formula is C14H11ClFNO2. The van der Waals surface area contributed by atoms with Crippen LogP contribution in [-0.4, -0.2) is 11.0 Å². The predicted octanol–water partition coefficient (Wildman–Crippen LogP) is 3.37. The second-order valence-electron chi connectivity index (χ2n) is 3.74. The average Bonchev–Trinajstić information content (AvgIpc) is 2.89. The van der Waals surface area contributed by atoms with E-state index in [1.807, 2.05) is 0 Å². The second-order valence-corrected chi connectivity index (χ2v) is 4.12. The van der Waals surface area contributed by atoms with Gasteiger partial charge in [0.15, 0.2) is 0 Å². The molecule has 2 aromatic rings. The zero-order chi connectivity index (χ0) is 13.5. The number of aromatic nitrogens is 1. The number of hydrogen-bond acceptors (Lipinski definition) is 3. The van der Waals surface area contributed by atoms with E-state index in [0.717, 1.165) is 5.56 Å². The van der Waals surface area contributed by atoms with Crippen molar-refractivity contribution < 1.29 is 13.7 Å². The van der Waals surface area contributed by atoms with Crippen LogP contribution in [0.25, 0.3) is 0 Å². The summed E-state index contributed by atoms with van der Waals surface area (Å²) in [4.78, 5) is 0. The van der Waals surface area contributed by atoms with Crippen molar-refractivity contribution in [2.75, 3.05) is 5.88 Å². The third-order valence-electron chi connectivity index (χ3n) is 2.21. The maximum absolute atomic E-state index is 13.4. The van der Waals surface area contributed by atoms with Gasteiger partial charge in [0.25, 0.3) is 0 Å². The molecule has 0 aliphatic rings. The van der Waals surface area contributed by atoms with E-state index in [-0.39, 0.29) is 6.61 Å². The van der Waals surface area contributed by atoms with Crippen molar-refractivity contribution in [1.29, 1.82) is 0 Å². The molecule has 0 fully saturated rings. The molecule has 0 bridgehead atoms. The fourth-order valence-electron chi connectivity index (χ4n) is 1.39. The molecule has 0 amide bonds. The number of rotatable bonds is 4. The third kappa shape index (κ3) is 4.31. The summed E-state index contributed by atoms with van der Waals surface area (Å²) in [6.45, 7) is 0.265. The number of ether oxygens (including phenoxy) is 1. The van der Waals surface area contributed by atoms with Crippen molar-refractivity contribution in [2.24, 2.45) is 0 Å². The minimum Gasteiger partial charge on any atom is -0.489 e. The molecule has 1 aromatic carbocycles. The van der Waals surface area contributed by atoms with Crippen LogP contribution in [0.15, 0.2) is 35.2 Å². The average molecular weight is 280 g/mol. The largest absolute Gasteiger partial charge is 0.489 e. The Balaban J connectivity index is 2.06. The van der Waals surface area contributed by atoms with Crippen LogP contribution in [0.2, 0.25) is 0 Å². The Kier molecular flexibility index (Phi) is 4.82. The van der Waals surface area contributed by atoms with Crippen molar-refractivity contribution in [3.05, 3.63) is 47.6 Å². The lowest BCUT2D eigenvalue weighted by Crippen LogP contribution is -1.95. The van der Waals surface area contributed by atoms with E-state index in [4.69, 9.17) is 16.3 Å². The fraction of sp³-hybridized carbons (Fsp3) is 0.214. The van der Waals surface area contributed by atoms with Gasteiger partial charge in [-0.15, -0.1) is 11.6 Å². The molecule has 3 nitrogen and oxygen atoms in total.